The van der Waals surface area contributed by atoms with E-state index in [-0.39, 0.29) is 30.6 Å². The molecule has 0 aromatic carbocycles. The molecule has 1 aromatic rings. The van der Waals surface area contributed by atoms with Gasteiger partial charge in [-0.05, 0) is 27.6 Å². The average Bonchev–Trinajstić information content (AvgIpc) is 2.49. The Morgan fingerprint density at radius 2 is 2.20 bits per heavy atom. The van der Waals surface area contributed by atoms with Gasteiger partial charge in [0.2, 0.25) is 0 Å². The lowest BCUT2D eigenvalue weighted by Crippen LogP contribution is -2.42. The Kier molecular flexibility index (Phi) is 4.30. The lowest BCUT2D eigenvalue weighted by atomic mass is 9.99. The molecule has 20 heavy (non-hydrogen) atoms. The molecule has 1 aromatic heterocycles. The van der Waals surface area contributed by atoms with E-state index in [1.165, 1.54) is 0 Å². The Balaban J connectivity index is 2.30. The molecule has 0 fully saturated rings. The van der Waals surface area contributed by atoms with Gasteiger partial charge in [0.05, 0.1) is 4.47 Å². The first-order chi connectivity index (χ1) is 9.20. The van der Waals surface area contributed by atoms with Crippen molar-refractivity contribution in [3.05, 3.63) is 26.9 Å². The molecule has 8 heteroatoms. The van der Waals surface area contributed by atoms with Crippen LogP contribution in [0.1, 0.15) is 24.1 Å². The predicted octanol–water partition coefficient (Wildman–Crippen LogP) is 3.55. The van der Waals surface area contributed by atoms with Gasteiger partial charge in [-0.3, -0.25) is 4.79 Å². The van der Waals surface area contributed by atoms with Crippen molar-refractivity contribution in [3.8, 4) is 0 Å². The summed E-state index contributed by atoms with van der Waals surface area (Å²) in [4.78, 5) is 16.4. The zero-order chi connectivity index (χ0) is 15.1. The Bertz CT molecular complexity index is 550. The standard InChI is InChI=1S/C12H11BrClF3N2O/c1-6-5-19(11(20)12(15,16)17)3-2-9-7(6)4-8(13)10(14)18-9/h4,6H,2-3,5H2,1H3. The molecule has 0 saturated heterocycles. The Labute approximate surface area is 127 Å². The van der Waals surface area contributed by atoms with Gasteiger partial charge in [-0.2, -0.15) is 13.2 Å². The summed E-state index contributed by atoms with van der Waals surface area (Å²) in [6, 6.07) is 1.76. The van der Waals surface area contributed by atoms with Crippen molar-refractivity contribution in [2.75, 3.05) is 13.1 Å². The van der Waals surface area contributed by atoms with Crippen molar-refractivity contribution in [2.24, 2.45) is 0 Å². The number of hydrogen-bond donors (Lipinski definition) is 0. The van der Waals surface area contributed by atoms with Gasteiger partial charge in [0, 0.05) is 31.1 Å². The Hall–Kier alpha value is -0.820. The fourth-order valence-electron chi connectivity index (χ4n) is 2.27. The first-order valence-corrected chi connectivity index (χ1v) is 7.08. The van der Waals surface area contributed by atoms with Gasteiger partial charge in [0.1, 0.15) is 5.15 Å². The maximum Gasteiger partial charge on any atom is 0.471 e. The highest BCUT2D eigenvalue weighted by Gasteiger charge is 2.43. The monoisotopic (exact) mass is 370 g/mol. The van der Waals surface area contributed by atoms with E-state index in [9.17, 15) is 18.0 Å². The second-order valence-corrected chi connectivity index (χ2v) is 5.91. The zero-order valence-electron chi connectivity index (χ0n) is 10.5. The molecule has 0 N–H and O–H groups in total. The van der Waals surface area contributed by atoms with E-state index in [2.05, 4.69) is 20.9 Å². The third-order valence-corrected chi connectivity index (χ3v) is 4.34. The number of carbonyl (C=O) groups is 1. The molecule has 110 valence electrons. The molecule has 1 atom stereocenters. The minimum atomic E-state index is -4.85. The molecular formula is C12H11BrClF3N2O. The molecule has 1 amide bonds. The molecule has 0 saturated carbocycles. The van der Waals surface area contributed by atoms with Crippen molar-refractivity contribution >= 4 is 33.4 Å². The summed E-state index contributed by atoms with van der Waals surface area (Å²) < 4.78 is 38.1. The number of amides is 1. The highest BCUT2D eigenvalue weighted by molar-refractivity contribution is 9.10. The number of rotatable bonds is 0. The van der Waals surface area contributed by atoms with Crippen LogP contribution in [0.4, 0.5) is 13.2 Å². The molecule has 3 nitrogen and oxygen atoms in total. The maximum atomic E-state index is 12.5. The number of alkyl halides is 3. The second kappa shape index (κ2) is 5.52. The molecule has 0 spiro atoms. The summed E-state index contributed by atoms with van der Waals surface area (Å²) in [6.45, 7) is 1.77. The quantitative estimate of drug-likeness (QED) is 0.654. The molecule has 1 aliphatic rings. The lowest BCUT2D eigenvalue weighted by Gasteiger charge is -2.23. The van der Waals surface area contributed by atoms with Gasteiger partial charge < -0.3 is 4.90 Å². The molecular weight excluding hydrogens is 360 g/mol. The van der Waals surface area contributed by atoms with E-state index < -0.39 is 12.1 Å². The summed E-state index contributed by atoms with van der Waals surface area (Å²) in [5.41, 5.74) is 1.46. The van der Waals surface area contributed by atoms with Crippen LogP contribution in [-0.2, 0) is 11.2 Å². The molecule has 0 aliphatic carbocycles. The fourth-order valence-corrected chi connectivity index (χ4v) is 2.76. The van der Waals surface area contributed by atoms with Crippen molar-refractivity contribution in [1.82, 2.24) is 9.88 Å². The van der Waals surface area contributed by atoms with Gasteiger partial charge >= 0.3 is 12.1 Å². The number of nitrogens with zero attached hydrogens (tertiary/aromatic N) is 2. The van der Waals surface area contributed by atoms with Crippen LogP contribution in [-0.4, -0.2) is 35.1 Å². The van der Waals surface area contributed by atoms with Crippen LogP contribution in [0.3, 0.4) is 0 Å². The van der Waals surface area contributed by atoms with Crippen molar-refractivity contribution < 1.29 is 18.0 Å². The number of hydrogen-bond acceptors (Lipinski definition) is 2. The van der Waals surface area contributed by atoms with Crippen LogP contribution < -0.4 is 0 Å². The largest absolute Gasteiger partial charge is 0.471 e. The summed E-state index contributed by atoms with van der Waals surface area (Å²) in [5, 5.41) is 0.270. The predicted molar refractivity (Wildman–Crippen MR) is 71.7 cm³/mol. The van der Waals surface area contributed by atoms with Gasteiger partial charge in [0.25, 0.3) is 0 Å². The van der Waals surface area contributed by atoms with E-state index >= 15 is 0 Å². The minimum absolute atomic E-state index is 0.0132. The van der Waals surface area contributed by atoms with Crippen LogP contribution in [0.2, 0.25) is 5.15 Å². The smallest absolute Gasteiger partial charge is 0.334 e. The highest BCUT2D eigenvalue weighted by Crippen LogP contribution is 2.31. The van der Waals surface area contributed by atoms with Crippen LogP contribution in [0, 0.1) is 0 Å². The van der Waals surface area contributed by atoms with Crippen LogP contribution in [0.15, 0.2) is 10.5 Å². The number of halogens is 5. The molecule has 1 unspecified atom stereocenters. The molecule has 2 rings (SSSR count). The van der Waals surface area contributed by atoms with E-state index in [1.54, 1.807) is 13.0 Å². The zero-order valence-corrected chi connectivity index (χ0v) is 12.8. The minimum Gasteiger partial charge on any atom is -0.334 e. The average molecular weight is 372 g/mol. The SMILES string of the molecule is CC1CN(C(=O)C(F)(F)F)CCc2nc(Cl)c(Br)cc21. The summed E-state index contributed by atoms with van der Waals surface area (Å²) in [5.74, 6) is -2.04. The Morgan fingerprint density at radius 1 is 1.55 bits per heavy atom. The van der Waals surface area contributed by atoms with Gasteiger partial charge in [-0.1, -0.05) is 18.5 Å². The van der Waals surface area contributed by atoms with Crippen molar-refractivity contribution in [3.63, 3.8) is 0 Å². The number of fused-ring (bicyclic) bond motifs is 1. The molecule has 0 radical (unpaired) electrons. The first-order valence-electron chi connectivity index (χ1n) is 5.91. The van der Waals surface area contributed by atoms with Crippen LogP contribution >= 0.6 is 27.5 Å². The van der Waals surface area contributed by atoms with E-state index in [0.29, 0.717) is 10.2 Å². The highest BCUT2D eigenvalue weighted by atomic mass is 79.9. The van der Waals surface area contributed by atoms with E-state index in [1.807, 2.05) is 0 Å². The Morgan fingerprint density at radius 3 is 2.80 bits per heavy atom. The molecule has 0 bridgehead atoms. The van der Waals surface area contributed by atoms with Crippen LogP contribution in [0.5, 0.6) is 0 Å². The normalized spacial score (nSPS) is 19.5. The summed E-state index contributed by atoms with van der Waals surface area (Å²) in [6.07, 6.45) is -4.59. The lowest BCUT2D eigenvalue weighted by molar-refractivity contribution is -0.185. The van der Waals surface area contributed by atoms with Gasteiger partial charge in [-0.15, -0.1) is 0 Å². The second-order valence-electron chi connectivity index (χ2n) is 4.70. The number of pyridine rings is 1. The van der Waals surface area contributed by atoms with Crippen molar-refractivity contribution in [2.45, 2.75) is 25.4 Å². The third-order valence-electron chi connectivity index (χ3n) is 3.22. The number of carbonyl (C=O) groups excluding carboxylic acids is 1. The fraction of sp³-hybridized carbons (Fsp3) is 0.500. The summed E-state index contributed by atoms with van der Waals surface area (Å²) in [7, 11) is 0. The van der Waals surface area contributed by atoms with Gasteiger partial charge in [0.15, 0.2) is 0 Å². The van der Waals surface area contributed by atoms with E-state index in [4.69, 9.17) is 11.6 Å². The molecule has 1 aliphatic heterocycles. The number of aromatic nitrogens is 1. The van der Waals surface area contributed by atoms with Crippen LogP contribution in [0.25, 0.3) is 0 Å². The molecule has 2 heterocycles. The van der Waals surface area contributed by atoms with Crippen molar-refractivity contribution in [1.29, 1.82) is 0 Å². The first kappa shape index (κ1) is 15.6. The summed E-state index contributed by atoms with van der Waals surface area (Å²) >= 11 is 9.15. The topological polar surface area (TPSA) is 33.2 Å². The van der Waals surface area contributed by atoms with E-state index in [0.717, 1.165) is 10.5 Å². The third kappa shape index (κ3) is 3.09. The van der Waals surface area contributed by atoms with Gasteiger partial charge in [-0.25, -0.2) is 4.98 Å². The maximum absolute atomic E-state index is 12.5.